The Kier molecular flexibility index (Phi) is 4.94. The van der Waals surface area contributed by atoms with Gasteiger partial charge in [-0.25, -0.2) is 8.42 Å². The van der Waals surface area contributed by atoms with Crippen LogP contribution >= 0.6 is 15.9 Å². The fourth-order valence-corrected chi connectivity index (χ4v) is 2.29. The number of halogens is 1. The van der Waals surface area contributed by atoms with Gasteiger partial charge >= 0.3 is 0 Å². The Bertz CT molecular complexity index is 601. The van der Waals surface area contributed by atoms with Gasteiger partial charge in [-0.15, -0.1) is 0 Å². The Morgan fingerprint density at radius 1 is 1.47 bits per heavy atom. The van der Waals surface area contributed by atoms with Crippen molar-refractivity contribution >= 4 is 43.2 Å². The van der Waals surface area contributed by atoms with Crippen LogP contribution in [0.25, 0.3) is 0 Å². The average Bonchev–Trinajstić information content (AvgIpc) is 2.23. The molecule has 19 heavy (non-hydrogen) atoms. The third kappa shape index (κ3) is 4.48. The summed E-state index contributed by atoms with van der Waals surface area (Å²) in [5.41, 5.74) is 7.58. The van der Waals surface area contributed by atoms with Crippen LogP contribution < -0.4 is 11.1 Å². The normalized spacial score (nSPS) is 11.6. The zero-order valence-corrected chi connectivity index (χ0v) is 13.3. The summed E-state index contributed by atoms with van der Waals surface area (Å²) in [5, 5.41) is 2.59. The molecule has 0 aliphatic carbocycles. The van der Waals surface area contributed by atoms with Crippen molar-refractivity contribution < 1.29 is 13.2 Å². The van der Waals surface area contributed by atoms with E-state index in [1.165, 1.54) is 7.05 Å². The van der Waals surface area contributed by atoms with Crippen molar-refractivity contribution in [2.45, 2.75) is 6.92 Å². The van der Waals surface area contributed by atoms with Crippen molar-refractivity contribution in [3.8, 4) is 0 Å². The highest BCUT2D eigenvalue weighted by atomic mass is 79.9. The van der Waals surface area contributed by atoms with Gasteiger partial charge in [-0.3, -0.25) is 4.79 Å². The predicted molar refractivity (Wildman–Crippen MR) is 79.4 cm³/mol. The van der Waals surface area contributed by atoms with E-state index in [0.717, 1.165) is 20.6 Å². The number of likely N-dealkylation sites (N-methyl/N-ethyl adjacent to an activating group) is 1. The van der Waals surface area contributed by atoms with Crippen LogP contribution in [0.1, 0.15) is 5.56 Å². The maximum Gasteiger partial charge on any atom is 0.239 e. The molecule has 0 saturated carbocycles. The van der Waals surface area contributed by atoms with E-state index in [-0.39, 0.29) is 6.54 Å². The Balaban J connectivity index is 2.84. The number of nitrogens with two attached hydrogens (primary N) is 1. The summed E-state index contributed by atoms with van der Waals surface area (Å²) in [6.07, 6.45) is 1.04. The third-order valence-corrected chi connectivity index (χ3v) is 4.28. The number of carbonyl (C=O) groups is 1. The molecule has 1 rings (SSSR count). The molecule has 0 unspecified atom stereocenters. The largest absolute Gasteiger partial charge is 0.397 e. The van der Waals surface area contributed by atoms with Gasteiger partial charge in [0.25, 0.3) is 0 Å². The van der Waals surface area contributed by atoms with Gasteiger partial charge in [-0.05, 0) is 24.6 Å². The minimum atomic E-state index is -3.38. The maximum absolute atomic E-state index is 11.8. The molecule has 0 bridgehead atoms. The van der Waals surface area contributed by atoms with Gasteiger partial charge in [0.1, 0.15) is 0 Å². The molecule has 1 amide bonds. The molecule has 0 atom stereocenters. The molecule has 1 aromatic rings. The molecule has 6 nitrogen and oxygen atoms in total. The molecule has 0 aromatic heterocycles. The molecule has 0 saturated heterocycles. The van der Waals surface area contributed by atoms with Crippen molar-refractivity contribution in [3.05, 3.63) is 22.2 Å². The molecule has 0 heterocycles. The van der Waals surface area contributed by atoms with Gasteiger partial charge in [0.05, 0.1) is 24.2 Å². The summed E-state index contributed by atoms with van der Waals surface area (Å²) in [7, 11) is -2.05. The summed E-state index contributed by atoms with van der Waals surface area (Å²) < 4.78 is 24.2. The molecular weight excluding hydrogens is 334 g/mol. The first kappa shape index (κ1) is 15.9. The number of hydrogen-bond acceptors (Lipinski definition) is 4. The number of nitrogen functional groups attached to an aromatic ring is 1. The highest BCUT2D eigenvalue weighted by molar-refractivity contribution is 9.10. The molecule has 0 radical (unpaired) electrons. The monoisotopic (exact) mass is 349 g/mol. The Morgan fingerprint density at radius 3 is 2.58 bits per heavy atom. The molecule has 3 N–H and O–H groups in total. The minimum absolute atomic E-state index is 0.260. The van der Waals surface area contributed by atoms with Crippen LogP contribution in [0.15, 0.2) is 16.6 Å². The van der Waals surface area contributed by atoms with Gasteiger partial charge in [0.15, 0.2) is 0 Å². The Hall–Kier alpha value is -1.12. The fraction of sp³-hybridized carbons (Fsp3) is 0.364. The summed E-state index contributed by atoms with van der Waals surface area (Å²) in [6, 6.07) is 3.49. The van der Waals surface area contributed by atoms with Crippen molar-refractivity contribution in [2.24, 2.45) is 0 Å². The molecule has 8 heteroatoms. The predicted octanol–water partition coefficient (Wildman–Crippen LogP) is 1.17. The van der Waals surface area contributed by atoms with Crippen LogP contribution in [0.4, 0.5) is 11.4 Å². The van der Waals surface area contributed by atoms with Crippen LogP contribution in [0.2, 0.25) is 0 Å². The van der Waals surface area contributed by atoms with Gasteiger partial charge in [-0.2, -0.15) is 4.31 Å². The number of sulfonamides is 1. The van der Waals surface area contributed by atoms with Crippen molar-refractivity contribution in [3.63, 3.8) is 0 Å². The van der Waals surface area contributed by atoms with E-state index in [4.69, 9.17) is 5.73 Å². The second kappa shape index (κ2) is 5.89. The number of benzene rings is 1. The lowest BCUT2D eigenvalue weighted by Crippen LogP contribution is -2.34. The van der Waals surface area contributed by atoms with Crippen LogP contribution in [0, 0.1) is 6.92 Å². The van der Waals surface area contributed by atoms with E-state index < -0.39 is 15.9 Å². The first-order valence-electron chi connectivity index (χ1n) is 5.38. The maximum atomic E-state index is 11.8. The summed E-state index contributed by atoms with van der Waals surface area (Å²) in [6.45, 7) is 1.56. The smallest absolute Gasteiger partial charge is 0.239 e. The number of amides is 1. The molecular formula is C11H16BrN3O3S. The summed E-state index contributed by atoms with van der Waals surface area (Å²) in [4.78, 5) is 11.8. The highest BCUT2D eigenvalue weighted by Gasteiger charge is 2.16. The fourth-order valence-electron chi connectivity index (χ4n) is 1.37. The molecule has 0 spiro atoms. The van der Waals surface area contributed by atoms with E-state index >= 15 is 0 Å². The Morgan fingerprint density at radius 2 is 2.05 bits per heavy atom. The van der Waals surface area contributed by atoms with E-state index in [0.29, 0.717) is 11.4 Å². The lowest BCUT2D eigenvalue weighted by molar-refractivity contribution is -0.116. The Labute approximate surface area is 121 Å². The first-order chi connectivity index (χ1) is 8.61. The number of rotatable bonds is 4. The van der Waals surface area contributed by atoms with Gasteiger partial charge in [0.2, 0.25) is 15.9 Å². The topological polar surface area (TPSA) is 92.5 Å². The molecule has 0 aliphatic rings. The van der Waals surface area contributed by atoms with Crippen molar-refractivity contribution in [1.29, 1.82) is 0 Å². The zero-order chi connectivity index (χ0) is 14.8. The third-order valence-electron chi connectivity index (χ3n) is 2.56. The SMILES string of the molecule is Cc1cc(Br)cc(NC(=O)CN(C)S(C)(=O)=O)c1N. The van der Waals surface area contributed by atoms with E-state index in [2.05, 4.69) is 21.2 Å². The van der Waals surface area contributed by atoms with Crippen LogP contribution in [0.3, 0.4) is 0 Å². The van der Waals surface area contributed by atoms with E-state index in [1.54, 1.807) is 6.07 Å². The van der Waals surface area contributed by atoms with Gasteiger partial charge < -0.3 is 11.1 Å². The number of anilines is 2. The number of nitrogens with one attached hydrogen (secondary N) is 1. The van der Waals surface area contributed by atoms with Crippen LogP contribution in [-0.4, -0.2) is 38.5 Å². The summed E-state index contributed by atoms with van der Waals surface area (Å²) in [5.74, 6) is -0.447. The number of aryl methyl sites for hydroxylation is 1. The molecule has 0 fully saturated rings. The standard InChI is InChI=1S/C11H16BrN3O3S/c1-7-4-8(12)5-9(11(7)13)14-10(16)6-15(2)19(3,17)18/h4-5H,6,13H2,1-3H3,(H,14,16). The second-order valence-electron chi connectivity index (χ2n) is 4.25. The van der Waals surface area contributed by atoms with Crippen molar-refractivity contribution in [1.82, 2.24) is 4.31 Å². The minimum Gasteiger partial charge on any atom is -0.397 e. The lowest BCUT2D eigenvalue weighted by atomic mass is 10.2. The van der Waals surface area contributed by atoms with E-state index in [9.17, 15) is 13.2 Å². The van der Waals surface area contributed by atoms with Crippen molar-refractivity contribution in [2.75, 3.05) is 30.9 Å². The highest BCUT2D eigenvalue weighted by Crippen LogP contribution is 2.27. The quantitative estimate of drug-likeness (QED) is 0.798. The molecule has 106 valence electrons. The number of nitrogens with zero attached hydrogens (tertiary/aromatic N) is 1. The van der Waals surface area contributed by atoms with E-state index in [1.807, 2.05) is 13.0 Å². The van der Waals surface area contributed by atoms with Gasteiger partial charge in [0, 0.05) is 11.5 Å². The van der Waals surface area contributed by atoms with Crippen LogP contribution in [0.5, 0.6) is 0 Å². The zero-order valence-electron chi connectivity index (χ0n) is 10.9. The second-order valence-corrected chi connectivity index (χ2v) is 7.26. The first-order valence-corrected chi connectivity index (χ1v) is 8.02. The summed E-state index contributed by atoms with van der Waals surface area (Å²) >= 11 is 3.31. The van der Waals surface area contributed by atoms with Crippen LogP contribution in [-0.2, 0) is 14.8 Å². The van der Waals surface area contributed by atoms with Gasteiger partial charge in [-0.1, -0.05) is 15.9 Å². The lowest BCUT2D eigenvalue weighted by Gasteiger charge is -2.15. The molecule has 1 aromatic carbocycles. The molecule has 0 aliphatic heterocycles. The number of carbonyl (C=O) groups excluding carboxylic acids is 1. The number of hydrogen-bond donors (Lipinski definition) is 2. The average molecular weight is 350 g/mol.